The molecule has 0 saturated carbocycles. The number of hydrogen-bond acceptors (Lipinski definition) is 3. The second-order valence-electron chi connectivity index (χ2n) is 4.41. The number of nitrogens with zero attached hydrogens (tertiary/aromatic N) is 2. The number of aromatic nitrogens is 3. The van der Waals surface area contributed by atoms with Crippen molar-refractivity contribution in [1.82, 2.24) is 20.5 Å². The Bertz CT molecular complexity index is 471. The zero-order chi connectivity index (χ0) is 11.5. The van der Waals surface area contributed by atoms with Crippen LogP contribution in [0.5, 0.6) is 0 Å². The largest absolute Gasteiger partial charge is 0.307 e. The molecule has 0 amide bonds. The van der Waals surface area contributed by atoms with Gasteiger partial charge in [0.1, 0.15) is 5.82 Å². The van der Waals surface area contributed by atoms with Crippen molar-refractivity contribution in [2.75, 3.05) is 6.54 Å². The molecule has 4 heteroatoms. The topological polar surface area (TPSA) is 53.6 Å². The Kier molecular flexibility index (Phi) is 2.88. The quantitative estimate of drug-likeness (QED) is 0.829. The number of aromatic amines is 1. The molecule has 1 aliphatic heterocycles. The molecule has 1 saturated heterocycles. The lowest BCUT2D eigenvalue weighted by atomic mass is 10.0. The van der Waals surface area contributed by atoms with Gasteiger partial charge in [-0.2, -0.15) is 5.10 Å². The Hall–Kier alpha value is -1.68. The molecule has 0 bridgehead atoms. The first kappa shape index (κ1) is 10.5. The first-order valence-electron chi connectivity index (χ1n) is 6.14. The first-order valence-corrected chi connectivity index (χ1v) is 6.14. The lowest BCUT2D eigenvalue weighted by molar-refractivity contribution is 0.398. The van der Waals surface area contributed by atoms with Crippen LogP contribution in [0.1, 0.15) is 31.1 Å². The van der Waals surface area contributed by atoms with Gasteiger partial charge in [0.05, 0.1) is 6.04 Å². The van der Waals surface area contributed by atoms with Crippen LogP contribution in [0.15, 0.2) is 30.3 Å². The number of piperidine rings is 1. The predicted molar refractivity (Wildman–Crippen MR) is 66.4 cm³/mol. The van der Waals surface area contributed by atoms with Crippen molar-refractivity contribution in [3.63, 3.8) is 0 Å². The summed E-state index contributed by atoms with van der Waals surface area (Å²) in [7, 11) is 0. The van der Waals surface area contributed by atoms with Crippen LogP contribution in [0, 0.1) is 0 Å². The number of benzene rings is 1. The molecule has 0 aliphatic carbocycles. The van der Waals surface area contributed by atoms with E-state index in [1.807, 2.05) is 30.3 Å². The Labute approximate surface area is 100 Å². The predicted octanol–water partition coefficient (Wildman–Crippen LogP) is 2.29. The number of hydrogen-bond donors (Lipinski definition) is 2. The molecule has 3 rings (SSSR count). The smallest absolute Gasteiger partial charge is 0.181 e. The molecule has 1 aromatic carbocycles. The normalized spacial score (nSPS) is 20.4. The van der Waals surface area contributed by atoms with Crippen LogP contribution in [0.25, 0.3) is 11.4 Å². The fraction of sp³-hybridized carbons (Fsp3) is 0.385. The molecule has 4 nitrogen and oxygen atoms in total. The second kappa shape index (κ2) is 4.67. The van der Waals surface area contributed by atoms with E-state index in [1.165, 1.54) is 12.8 Å². The molecule has 88 valence electrons. The molecule has 2 N–H and O–H groups in total. The summed E-state index contributed by atoms with van der Waals surface area (Å²) in [6.45, 7) is 1.08. The standard InChI is InChI=1S/C13H16N4/c1-2-6-10(7-3-1)12-15-13(17-16-12)11-8-4-5-9-14-11/h1-3,6-7,11,14H,4-5,8-9H2,(H,15,16,17). The van der Waals surface area contributed by atoms with Crippen molar-refractivity contribution in [3.8, 4) is 11.4 Å². The van der Waals surface area contributed by atoms with Crippen molar-refractivity contribution < 1.29 is 0 Å². The van der Waals surface area contributed by atoms with Crippen molar-refractivity contribution in [3.05, 3.63) is 36.2 Å². The minimum Gasteiger partial charge on any atom is -0.307 e. The SMILES string of the molecule is c1ccc(-c2n[nH]c(C3CCCCN3)n2)cc1. The van der Waals surface area contributed by atoms with E-state index < -0.39 is 0 Å². The van der Waals surface area contributed by atoms with Crippen LogP contribution in [-0.2, 0) is 0 Å². The molecular weight excluding hydrogens is 212 g/mol. The highest BCUT2D eigenvalue weighted by Gasteiger charge is 2.18. The van der Waals surface area contributed by atoms with Gasteiger partial charge < -0.3 is 5.32 Å². The Morgan fingerprint density at radius 3 is 2.76 bits per heavy atom. The van der Waals surface area contributed by atoms with Gasteiger partial charge >= 0.3 is 0 Å². The van der Waals surface area contributed by atoms with Gasteiger partial charge in [-0.15, -0.1) is 0 Å². The van der Waals surface area contributed by atoms with Gasteiger partial charge in [-0.3, -0.25) is 5.10 Å². The molecular formula is C13H16N4. The minimum atomic E-state index is 0.341. The van der Waals surface area contributed by atoms with Gasteiger partial charge in [-0.05, 0) is 19.4 Å². The summed E-state index contributed by atoms with van der Waals surface area (Å²) in [5, 5.41) is 10.8. The zero-order valence-corrected chi connectivity index (χ0v) is 9.69. The van der Waals surface area contributed by atoms with Gasteiger partial charge in [0.2, 0.25) is 0 Å². The Morgan fingerprint density at radius 1 is 1.12 bits per heavy atom. The molecule has 1 aliphatic rings. The van der Waals surface area contributed by atoms with Crippen LogP contribution in [-0.4, -0.2) is 21.7 Å². The highest BCUT2D eigenvalue weighted by Crippen LogP contribution is 2.22. The van der Waals surface area contributed by atoms with Crippen molar-refractivity contribution in [1.29, 1.82) is 0 Å². The molecule has 1 fully saturated rings. The van der Waals surface area contributed by atoms with Gasteiger partial charge in [-0.25, -0.2) is 4.98 Å². The maximum absolute atomic E-state index is 4.58. The Morgan fingerprint density at radius 2 is 2.00 bits per heavy atom. The lowest BCUT2D eigenvalue weighted by Gasteiger charge is -2.20. The molecule has 1 aromatic heterocycles. The highest BCUT2D eigenvalue weighted by molar-refractivity contribution is 5.53. The number of H-pyrrole nitrogens is 1. The summed E-state index contributed by atoms with van der Waals surface area (Å²) in [4.78, 5) is 4.58. The van der Waals surface area contributed by atoms with E-state index in [0.29, 0.717) is 6.04 Å². The summed E-state index contributed by atoms with van der Waals surface area (Å²) >= 11 is 0. The van der Waals surface area contributed by atoms with E-state index in [0.717, 1.165) is 30.2 Å². The number of nitrogens with one attached hydrogen (secondary N) is 2. The molecule has 0 spiro atoms. The zero-order valence-electron chi connectivity index (χ0n) is 9.69. The molecule has 2 aromatic rings. The van der Waals surface area contributed by atoms with Gasteiger partial charge in [0, 0.05) is 5.56 Å². The first-order chi connectivity index (χ1) is 8.43. The van der Waals surface area contributed by atoms with E-state index >= 15 is 0 Å². The fourth-order valence-electron chi connectivity index (χ4n) is 2.23. The average molecular weight is 228 g/mol. The monoisotopic (exact) mass is 228 g/mol. The highest BCUT2D eigenvalue weighted by atomic mass is 15.2. The van der Waals surface area contributed by atoms with E-state index in [1.54, 1.807) is 0 Å². The summed E-state index contributed by atoms with van der Waals surface area (Å²) in [6.07, 6.45) is 3.67. The summed E-state index contributed by atoms with van der Waals surface area (Å²) < 4.78 is 0. The van der Waals surface area contributed by atoms with E-state index in [2.05, 4.69) is 20.5 Å². The summed E-state index contributed by atoms with van der Waals surface area (Å²) in [5.74, 6) is 1.75. The van der Waals surface area contributed by atoms with Gasteiger partial charge in [0.25, 0.3) is 0 Å². The van der Waals surface area contributed by atoms with Crippen molar-refractivity contribution in [2.24, 2.45) is 0 Å². The average Bonchev–Trinajstić information content (AvgIpc) is 2.90. The second-order valence-corrected chi connectivity index (χ2v) is 4.41. The molecule has 0 radical (unpaired) electrons. The molecule has 17 heavy (non-hydrogen) atoms. The van der Waals surface area contributed by atoms with Crippen molar-refractivity contribution in [2.45, 2.75) is 25.3 Å². The summed E-state index contributed by atoms with van der Waals surface area (Å²) in [6, 6.07) is 10.4. The van der Waals surface area contributed by atoms with Gasteiger partial charge in [-0.1, -0.05) is 36.8 Å². The maximum atomic E-state index is 4.58. The third kappa shape index (κ3) is 2.22. The van der Waals surface area contributed by atoms with Crippen LogP contribution >= 0.6 is 0 Å². The number of rotatable bonds is 2. The Balaban J connectivity index is 1.83. The van der Waals surface area contributed by atoms with E-state index in [9.17, 15) is 0 Å². The third-order valence-electron chi connectivity index (χ3n) is 3.18. The third-order valence-corrected chi connectivity index (χ3v) is 3.18. The lowest BCUT2D eigenvalue weighted by Crippen LogP contribution is -2.27. The fourth-order valence-corrected chi connectivity index (χ4v) is 2.23. The maximum Gasteiger partial charge on any atom is 0.181 e. The van der Waals surface area contributed by atoms with E-state index in [4.69, 9.17) is 0 Å². The van der Waals surface area contributed by atoms with E-state index in [-0.39, 0.29) is 0 Å². The minimum absolute atomic E-state index is 0.341. The van der Waals surface area contributed by atoms with Gasteiger partial charge in [0.15, 0.2) is 5.82 Å². The molecule has 1 atom stereocenters. The molecule has 2 heterocycles. The van der Waals surface area contributed by atoms with Crippen LogP contribution in [0.3, 0.4) is 0 Å². The van der Waals surface area contributed by atoms with Crippen LogP contribution in [0.2, 0.25) is 0 Å². The summed E-state index contributed by atoms with van der Waals surface area (Å²) in [5.41, 5.74) is 1.06. The molecule has 1 unspecified atom stereocenters. The van der Waals surface area contributed by atoms with Crippen LogP contribution in [0.4, 0.5) is 0 Å². The van der Waals surface area contributed by atoms with Crippen molar-refractivity contribution >= 4 is 0 Å². The van der Waals surface area contributed by atoms with Crippen LogP contribution < -0.4 is 5.32 Å².